The fourth-order valence-electron chi connectivity index (χ4n) is 2.21. The van der Waals surface area contributed by atoms with Crippen molar-refractivity contribution in [2.45, 2.75) is 6.92 Å². The van der Waals surface area contributed by atoms with E-state index < -0.39 is 0 Å². The van der Waals surface area contributed by atoms with Crippen molar-refractivity contribution < 1.29 is 23.7 Å². The zero-order chi connectivity index (χ0) is 18.9. The first-order valence-electron chi connectivity index (χ1n) is 7.98. The Kier molecular flexibility index (Phi) is 6.84. The predicted molar refractivity (Wildman–Crippen MR) is 98.8 cm³/mol. The summed E-state index contributed by atoms with van der Waals surface area (Å²) in [6.07, 6.45) is 1.53. The van der Waals surface area contributed by atoms with Crippen molar-refractivity contribution in [1.82, 2.24) is 5.43 Å². The largest absolute Gasteiger partial charge is 0.497 e. The first kappa shape index (κ1) is 19.1. The molecule has 138 valence electrons. The minimum atomic E-state index is -0.378. The van der Waals surface area contributed by atoms with E-state index >= 15 is 0 Å². The van der Waals surface area contributed by atoms with Crippen molar-refractivity contribution in [3.8, 4) is 23.0 Å². The molecule has 0 radical (unpaired) electrons. The van der Waals surface area contributed by atoms with Gasteiger partial charge in [0, 0.05) is 11.6 Å². The van der Waals surface area contributed by atoms with Crippen LogP contribution in [-0.2, 0) is 0 Å². The summed E-state index contributed by atoms with van der Waals surface area (Å²) in [6.45, 7) is 2.41. The van der Waals surface area contributed by atoms with E-state index in [-0.39, 0.29) is 5.91 Å². The number of nitrogens with zero attached hydrogens (tertiary/aromatic N) is 1. The summed E-state index contributed by atoms with van der Waals surface area (Å²) >= 11 is 0. The Morgan fingerprint density at radius 1 is 1.00 bits per heavy atom. The number of ether oxygens (including phenoxy) is 4. The summed E-state index contributed by atoms with van der Waals surface area (Å²) in [7, 11) is 4.62. The number of benzene rings is 2. The normalized spacial score (nSPS) is 10.5. The van der Waals surface area contributed by atoms with Crippen LogP contribution in [0.2, 0.25) is 0 Å². The Balaban J connectivity index is 2.10. The first-order chi connectivity index (χ1) is 12.6. The molecule has 0 atom stereocenters. The molecule has 0 aliphatic carbocycles. The SMILES string of the molecule is CCOc1cc(/C=N\NC(=O)c2cc(OC)cc(OC)c2)ccc1OC. The molecule has 26 heavy (non-hydrogen) atoms. The fraction of sp³-hybridized carbons (Fsp3) is 0.263. The second-order valence-corrected chi connectivity index (χ2v) is 5.14. The molecular weight excluding hydrogens is 336 g/mol. The Labute approximate surface area is 152 Å². The molecule has 0 fully saturated rings. The second-order valence-electron chi connectivity index (χ2n) is 5.14. The Morgan fingerprint density at radius 3 is 2.27 bits per heavy atom. The van der Waals surface area contributed by atoms with Crippen LogP contribution in [0.25, 0.3) is 0 Å². The van der Waals surface area contributed by atoms with E-state index in [1.165, 1.54) is 20.4 Å². The average molecular weight is 358 g/mol. The van der Waals surface area contributed by atoms with Crippen molar-refractivity contribution in [1.29, 1.82) is 0 Å². The van der Waals surface area contributed by atoms with Crippen molar-refractivity contribution in [3.05, 3.63) is 47.5 Å². The van der Waals surface area contributed by atoms with Gasteiger partial charge in [-0.2, -0.15) is 5.10 Å². The monoisotopic (exact) mass is 358 g/mol. The van der Waals surface area contributed by atoms with Crippen molar-refractivity contribution >= 4 is 12.1 Å². The third-order valence-electron chi connectivity index (χ3n) is 3.48. The predicted octanol–water partition coefficient (Wildman–Crippen LogP) is 2.88. The van der Waals surface area contributed by atoms with Crippen LogP contribution < -0.4 is 24.4 Å². The van der Waals surface area contributed by atoms with Crippen LogP contribution in [-0.4, -0.2) is 40.1 Å². The molecule has 7 heteroatoms. The summed E-state index contributed by atoms with van der Waals surface area (Å²) in [5.74, 6) is 1.92. The fourth-order valence-corrected chi connectivity index (χ4v) is 2.21. The van der Waals surface area contributed by atoms with Crippen LogP contribution in [0.5, 0.6) is 23.0 Å². The molecule has 0 saturated carbocycles. The summed E-state index contributed by atoms with van der Waals surface area (Å²) < 4.78 is 21.1. The molecule has 1 N–H and O–H groups in total. The molecule has 1 amide bonds. The molecule has 0 aromatic heterocycles. The molecule has 0 bridgehead atoms. The Hall–Kier alpha value is -3.22. The molecule has 0 aliphatic heterocycles. The van der Waals surface area contributed by atoms with Gasteiger partial charge in [0.15, 0.2) is 11.5 Å². The third-order valence-corrected chi connectivity index (χ3v) is 3.48. The lowest BCUT2D eigenvalue weighted by atomic mass is 10.2. The number of amides is 1. The molecule has 0 saturated heterocycles. The lowest BCUT2D eigenvalue weighted by Gasteiger charge is -2.09. The van der Waals surface area contributed by atoms with Gasteiger partial charge >= 0.3 is 0 Å². The maximum Gasteiger partial charge on any atom is 0.271 e. The van der Waals surface area contributed by atoms with E-state index in [2.05, 4.69) is 10.5 Å². The highest BCUT2D eigenvalue weighted by Gasteiger charge is 2.09. The molecule has 2 aromatic rings. The van der Waals surface area contributed by atoms with Gasteiger partial charge < -0.3 is 18.9 Å². The summed E-state index contributed by atoms with van der Waals surface area (Å²) in [6, 6.07) is 10.3. The Bertz CT molecular complexity index is 767. The molecule has 2 aromatic carbocycles. The summed E-state index contributed by atoms with van der Waals surface area (Å²) in [4.78, 5) is 12.3. The average Bonchev–Trinajstić information content (AvgIpc) is 2.67. The molecular formula is C19H22N2O5. The van der Waals surface area contributed by atoms with Gasteiger partial charge in [0.1, 0.15) is 11.5 Å². The minimum Gasteiger partial charge on any atom is -0.497 e. The van der Waals surface area contributed by atoms with E-state index in [1.54, 1.807) is 37.4 Å². The van der Waals surface area contributed by atoms with Gasteiger partial charge in [0.2, 0.25) is 0 Å². The van der Waals surface area contributed by atoms with Crippen molar-refractivity contribution in [3.63, 3.8) is 0 Å². The number of hydrazone groups is 1. The van der Waals surface area contributed by atoms with Gasteiger partial charge in [0.05, 0.1) is 34.2 Å². The smallest absolute Gasteiger partial charge is 0.271 e. The van der Waals surface area contributed by atoms with Crippen LogP contribution in [0.1, 0.15) is 22.8 Å². The van der Waals surface area contributed by atoms with E-state index in [0.29, 0.717) is 35.2 Å². The summed E-state index contributed by atoms with van der Waals surface area (Å²) in [5, 5.41) is 3.98. The van der Waals surface area contributed by atoms with Crippen LogP contribution in [0, 0.1) is 0 Å². The van der Waals surface area contributed by atoms with E-state index in [0.717, 1.165) is 5.56 Å². The van der Waals surface area contributed by atoms with Gasteiger partial charge in [-0.1, -0.05) is 0 Å². The van der Waals surface area contributed by atoms with E-state index in [1.807, 2.05) is 13.0 Å². The number of carbonyl (C=O) groups is 1. The lowest BCUT2D eigenvalue weighted by molar-refractivity contribution is 0.0954. The van der Waals surface area contributed by atoms with Gasteiger partial charge in [-0.05, 0) is 42.8 Å². The van der Waals surface area contributed by atoms with Crippen LogP contribution in [0.3, 0.4) is 0 Å². The number of hydrogen-bond acceptors (Lipinski definition) is 6. The highest BCUT2D eigenvalue weighted by molar-refractivity contribution is 5.95. The molecule has 0 aliphatic rings. The standard InChI is InChI=1S/C19H22N2O5/c1-5-26-18-8-13(6-7-17(18)25-4)12-20-21-19(22)14-9-15(23-2)11-16(10-14)24-3/h6-12H,5H2,1-4H3,(H,21,22)/b20-12-. The number of nitrogens with one attached hydrogen (secondary N) is 1. The highest BCUT2D eigenvalue weighted by Crippen LogP contribution is 2.27. The molecule has 0 unspecified atom stereocenters. The molecule has 7 nitrogen and oxygen atoms in total. The van der Waals surface area contributed by atoms with Gasteiger partial charge in [0.25, 0.3) is 5.91 Å². The third kappa shape index (κ3) is 4.89. The van der Waals surface area contributed by atoms with Crippen molar-refractivity contribution in [2.24, 2.45) is 5.10 Å². The zero-order valence-corrected chi connectivity index (χ0v) is 15.2. The lowest BCUT2D eigenvalue weighted by Crippen LogP contribution is -2.17. The number of methoxy groups -OCH3 is 3. The number of rotatable bonds is 8. The molecule has 2 rings (SSSR count). The Morgan fingerprint density at radius 2 is 1.69 bits per heavy atom. The van der Waals surface area contributed by atoms with Crippen LogP contribution in [0.15, 0.2) is 41.5 Å². The zero-order valence-electron chi connectivity index (χ0n) is 15.2. The van der Waals surface area contributed by atoms with Crippen LogP contribution in [0.4, 0.5) is 0 Å². The summed E-state index contributed by atoms with van der Waals surface area (Å²) in [5.41, 5.74) is 3.62. The van der Waals surface area contributed by atoms with Crippen LogP contribution >= 0.6 is 0 Å². The topological polar surface area (TPSA) is 78.4 Å². The molecule has 0 spiro atoms. The first-order valence-corrected chi connectivity index (χ1v) is 7.98. The van der Waals surface area contributed by atoms with E-state index in [9.17, 15) is 4.79 Å². The minimum absolute atomic E-state index is 0.378. The quantitative estimate of drug-likeness (QED) is 0.580. The number of hydrogen-bond donors (Lipinski definition) is 1. The van der Waals surface area contributed by atoms with E-state index in [4.69, 9.17) is 18.9 Å². The van der Waals surface area contributed by atoms with Gasteiger partial charge in [-0.3, -0.25) is 4.79 Å². The van der Waals surface area contributed by atoms with Gasteiger partial charge in [-0.25, -0.2) is 5.43 Å². The highest BCUT2D eigenvalue weighted by atomic mass is 16.5. The number of carbonyl (C=O) groups excluding carboxylic acids is 1. The maximum absolute atomic E-state index is 12.3. The van der Waals surface area contributed by atoms with Gasteiger partial charge in [-0.15, -0.1) is 0 Å². The molecule has 0 heterocycles. The maximum atomic E-state index is 12.3. The van der Waals surface area contributed by atoms with Crippen molar-refractivity contribution in [2.75, 3.05) is 27.9 Å². The second kappa shape index (κ2) is 9.31.